The van der Waals surface area contributed by atoms with Crippen molar-refractivity contribution in [2.45, 2.75) is 13.3 Å². The van der Waals surface area contributed by atoms with E-state index in [1.54, 1.807) is 12.1 Å². The van der Waals surface area contributed by atoms with Gasteiger partial charge in [0.15, 0.2) is 0 Å². The van der Waals surface area contributed by atoms with Crippen LogP contribution < -0.4 is 4.74 Å². The lowest BCUT2D eigenvalue weighted by Gasteiger charge is -2.07. The van der Waals surface area contributed by atoms with Crippen molar-refractivity contribution in [3.05, 3.63) is 59.2 Å². The summed E-state index contributed by atoms with van der Waals surface area (Å²) in [6, 6.07) is 7.76. The van der Waals surface area contributed by atoms with Gasteiger partial charge in [-0.25, -0.2) is 4.39 Å². The van der Waals surface area contributed by atoms with E-state index in [1.807, 2.05) is 13.0 Å². The van der Waals surface area contributed by atoms with Gasteiger partial charge in [-0.15, -0.1) is 0 Å². The zero-order valence-corrected chi connectivity index (χ0v) is 10.8. The first kappa shape index (κ1) is 13.2. The molecule has 2 rings (SSSR count). The highest BCUT2D eigenvalue weighted by molar-refractivity contribution is 6.08. The monoisotopic (exact) mass is 259 g/mol. The number of methoxy groups -OCH3 is 1. The van der Waals surface area contributed by atoms with Gasteiger partial charge in [-0.2, -0.15) is 0 Å². The zero-order valence-electron chi connectivity index (χ0n) is 10.8. The Balaban J connectivity index is 2.44. The second kappa shape index (κ2) is 5.61. The van der Waals surface area contributed by atoms with Crippen molar-refractivity contribution >= 4 is 5.78 Å². The predicted octanol–water partition coefficient (Wildman–Crippen LogP) is 3.02. The Bertz CT molecular complexity index is 611. The maximum absolute atomic E-state index is 13.9. The molecule has 0 aliphatic heterocycles. The SMILES string of the molecule is CCc1cccnc1C(=O)c1ccc(OC)cc1F. The minimum Gasteiger partial charge on any atom is -0.497 e. The normalized spacial score (nSPS) is 10.3. The number of halogens is 1. The van der Waals surface area contributed by atoms with Crippen LogP contribution in [0.3, 0.4) is 0 Å². The molecule has 1 heterocycles. The molecule has 0 amide bonds. The lowest BCUT2D eigenvalue weighted by Crippen LogP contribution is -2.09. The number of ketones is 1. The summed E-state index contributed by atoms with van der Waals surface area (Å²) in [4.78, 5) is 16.4. The minimum absolute atomic E-state index is 0.00852. The van der Waals surface area contributed by atoms with Gasteiger partial charge in [0, 0.05) is 12.3 Å². The zero-order chi connectivity index (χ0) is 13.8. The maximum atomic E-state index is 13.9. The van der Waals surface area contributed by atoms with Gasteiger partial charge in [0.25, 0.3) is 0 Å². The van der Waals surface area contributed by atoms with Gasteiger partial charge < -0.3 is 4.74 Å². The van der Waals surface area contributed by atoms with E-state index in [9.17, 15) is 9.18 Å². The van der Waals surface area contributed by atoms with Crippen LogP contribution in [0.15, 0.2) is 36.5 Å². The van der Waals surface area contributed by atoms with E-state index >= 15 is 0 Å². The molecule has 0 bridgehead atoms. The molecule has 0 aliphatic carbocycles. The third-order valence-electron chi connectivity index (χ3n) is 2.91. The van der Waals surface area contributed by atoms with Crippen LogP contribution in [0.25, 0.3) is 0 Å². The third kappa shape index (κ3) is 2.62. The van der Waals surface area contributed by atoms with Crippen LogP contribution in [-0.4, -0.2) is 17.9 Å². The number of ether oxygens (including phenoxy) is 1. The van der Waals surface area contributed by atoms with Crippen molar-refractivity contribution in [2.75, 3.05) is 7.11 Å². The highest BCUT2D eigenvalue weighted by Crippen LogP contribution is 2.20. The molecule has 98 valence electrons. The number of rotatable bonds is 4. The lowest BCUT2D eigenvalue weighted by molar-refractivity contribution is 0.102. The van der Waals surface area contributed by atoms with Gasteiger partial charge in [0.05, 0.1) is 12.7 Å². The number of hydrogen-bond acceptors (Lipinski definition) is 3. The maximum Gasteiger partial charge on any atom is 0.214 e. The average Bonchev–Trinajstić information content (AvgIpc) is 2.46. The molecule has 0 N–H and O–H groups in total. The molecule has 2 aromatic rings. The molecule has 0 spiro atoms. The van der Waals surface area contributed by atoms with Crippen molar-refractivity contribution in [1.29, 1.82) is 0 Å². The predicted molar refractivity (Wildman–Crippen MR) is 70.0 cm³/mol. The van der Waals surface area contributed by atoms with Gasteiger partial charge >= 0.3 is 0 Å². The molecule has 0 saturated heterocycles. The number of pyridine rings is 1. The van der Waals surface area contributed by atoms with E-state index in [2.05, 4.69) is 4.98 Å². The molecule has 19 heavy (non-hydrogen) atoms. The number of aryl methyl sites for hydroxylation is 1. The molecule has 1 aromatic heterocycles. The number of aromatic nitrogens is 1. The van der Waals surface area contributed by atoms with E-state index in [-0.39, 0.29) is 5.56 Å². The molecular weight excluding hydrogens is 245 g/mol. The molecule has 0 saturated carbocycles. The first-order valence-corrected chi connectivity index (χ1v) is 5.99. The highest BCUT2D eigenvalue weighted by Gasteiger charge is 2.18. The van der Waals surface area contributed by atoms with Gasteiger partial charge in [0.1, 0.15) is 17.3 Å². The summed E-state index contributed by atoms with van der Waals surface area (Å²) in [5.41, 5.74) is 1.12. The number of carbonyl (C=O) groups excluding carboxylic acids is 1. The Hall–Kier alpha value is -2.23. The molecule has 0 unspecified atom stereocenters. The van der Waals surface area contributed by atoms with E-state index in [0.29, 0.717) is 17.9 Å². The number of benzene rings is 1. The molecule has 4 heteroatoms. The minimum atomic E-state index is -0.600. The molecule has 1 aromatic carbocycles. The highest BCUT2D eigenvalue weighted by atomic mass is 19.1. The van der Waals surface area contributed by atoms with E-state index in [0.717, 1.165) is 5.56 Å². The Labute approximate surface area is 111 Å². The Morgan fingerprint density at radius 3 is 2.79 bits per heavy atom. The van der Waals surface area contributed by atoms with E-state index in [4.69, 9.17) is 4.74 Å². The molecule has 0 aliphatic rings. The van der Waals surface area contributed by atoms with Crippen LogP contribution in [0.1, 0.15) is 28.5 Å². The van der Waals surface area contributed by atoms with Gasteiger partial charge in [0.2, 0.25) is 5.78 Å². The topological polar surface area (TPSA) is 39.2 Å². The van der Waals surface area contributed by atoms with E-state index < -0.39 is 11.6 Å². The van der Waals surface area contributed by atoms with Gasteiger partial charge in [-0.1, -0.05) is 13.0 Å². The Morgan fingerprint density at radius 2 is 2.16 bits per heavy atom. The Morgan fingerprint density at radius 1 is 1.37 bits per heavy atom. The summed E-state index contributed by atoms with van der Waals surface area (Å²) in [6.07, 6.45) is 2.21. The second-order valence-electron chi connectivity index (χ2n) is 4.04. The van der Waals surface area contributed by atoms with Crippen LogP contribution >= 0.6 is 0 Å². The molecule has 0 fully saturated rings. The van der Waals surface area contributed by atoms with Crippen molar-refractivity contribution < 1.29 is 13.9 Å². The summed E-state index contributed by atoms with van der Waals surface area (Å²) in [7, 11) is 1.45. The Kier molecular flexibility index (Phi) is 3.90. The number of nitrogens with zero attached hydrogens (tertiary/aromatic N) is 1. The largest absolute Gasteiger partial charge is 0.497 e. The summed E-state index contributed by atoms with van der Waals surface area (Å²) in [5, 5.41) is 0. The molecule has 3 nitrogen and oxygen atoms in total. The lowest BCUT2D eigenvalue weighted by atomic mass is 10.0. The van der Waals surface area contributed by atoms with E-state index in [1.165, 1.54) is 25.4 Å². The van der Waals surface area contributed by atoms with Crippen molar-refractivity contribution in [1.82, 2.24) is 4.98 Å². The average molecular weight is 259 g/mol. The van der Waals surface area contributed by atoms with Gasteiger partial charge in [-0.05, 0) is 30.2 Å². The fourth-order valence-electron chi connectivity index (χ4n) is 1.86. The van der Waals surface area contributed by atoms with Crippen molar-refractivity contribution in [2.24, 2.45) is 0 Å². The second-order valence-corrected chi connectivity index (χ2v) is 4.04. The number of carbonyl (C=O) groups is 1. The summed E-state index contributed by atoms with van der Waals surface area (Å²) >= 11 is 0. The standard InChI is InChI=1S/C15H14FNO2/c1-3-10-5-4-8-17-14(10)15(18)12-7-6-11(19-2)9-13(12)16/h4-9H,3H2,1-2H3. The van der Waals surface area contributed by atoms with Gasteiger partial charge in [-0.3, -0.25) is 9.78 Å². The van der Waals surface area contributed by atoms with Crippen LogP contribution in [0.5, 0.6) is 5.75 Å². The van der Waals surface area contributed by atoms with Crippen LogP contribution in [-0.2, 0) is 6.42 Å². The molecular formula is C15H14FNO2. The van der Waals surface area contributed by atoms with Crippen LogP contribution in [0, 0.1) is 5.82 Å². The quantitative estimate of drug-likeness (QED) is 0.792. The van der Waals surface area contributed by atoms with Crippen molar-refractivity contribution in [3.8, 4) is 5.75 Å². The molecule has 0 radical (unpaired) electrons. The smallest absolute Gasteiger partial charge is 0.214 e. The van der Waals surface area contributed by atoms with Crippen LogP contribution in [0.4, 0.5) is 4.39 Å². The first-order valence-electron chi connectivity index (χ1n) is 5.99. The summed E-state index contributed by atoms with van der Waals surface area (Å²) in [6.45, 7) is 1.93. The number of hydrogen-bond donors (Lipinski definition) is 0. The third-order valence-corrected chi connectivity index (χ3v) is 2.91. The summed E-state index contributed by atoms with van der Waals surface area (Å²) < 4.78 is 18.8. The van der Waals surface area contributed by atoms with Crippen molar-refractivity contribution in [3.63, 3.8) is 0 Å². The summed E-state index contributed by atoms with van der Waals surface area (Å²) in [5.74, 6) is -0.625. The fourth-order valence-corrected chi connectivity index (χ4v) is 1.86. The van der Waals surface area contributed by atoms with Crippen LogP contribution in [0.2, 0.25) is 0 Å². The first-order chi connectivity index (χ1) is 9.17. The fraction of sp³-hybridized carbons (Fsp3) is 0.200. The molecule has 0 atom stereocenters.